The van der Waals surface area contributed by atoms with Gasteiger partial charge in [-0.05, 0) is 47.7 Å². The molecular formula is C18H23NO. The number of hydrogen-bond acceptors (Lipinski definition) is 2. The lowest BCUT2D eigenvalue weighted by atomic mass is 10.0. The van der Waals surface area contributed by atoms with Crippen LogP contribution in [0.15, 0.2) is 42.5 Å². The van der Waals surface area contributed by atoms with E-state index in [4.69, 9.17) is 4.74 Å². The lowest BCUT2D eigenvalue weighted by molar-refractivity contribution is 0.412. The number of nitrogens with one attached hydrogen (secondary N) is 1. The summed E-state index contributed by atoms with van der Waals surface area (Å²) in [5, 5.41) is 3.45. The van der Waals surface area contributed by atoms with E-state index in [2.05, 4.69) is 56.4 Å². The van der Waals surface area contributed by atoms with E-state index in [0.717, 1.165) is 23.5 Å². The minimum absolute atomic E-state index is 0.584. The topological polar surface area (TPSA) is 21.3 Å². The van der Waals surface area contributed by atoms with E-state index in [1.165, 1.54) is 11.1 Å². The van der Waals surface area contributed by atoms with Crippen LogP contribution in [-0.2, 0) is 6.54 Å². The summed E-state index contributed by atoms with van der Waals surface area (Å²) in [6.45, 7) is 7.33. The first-order chi connectivity index (χ1) is 9.60. The first-order valence-electron chi connectivity index (χ1n) is 7.07. The average molecular weight is 269 g/mol. The molecule has 2 heteroatoms. The van der Waals surface area contributed by atoms with E-state index in [0.29, 0.717) is 5.92 Å². The lowest BCUT2D eigenvalue weighted by Crippen LogP contribution is -2.00. The first-order valence-corrected chi connectivity index (χ1v) is 7.07. The molecule has 0 aromatic heterocycles. The molecule has 0 fully saturated rings. The van der Waals surface area contributed by atoms with Gasteiger partial charge in [-0.25, -0.2) is 0 Å². The van der Waals surface area contributed by atoms with E-state index >= 15 is 0 Å². The third-order valence-corrected chi connectivity index (χ3v) is 3.54. The fourth-order valence-corrected chi connectivity index (χ4v) is 2.21. The molecule has 0 heterocycles. The molecule has 0 atom stereocenters. The molecule has 0 radical (unpaired) electrons. The second-order valence-corrected chi connectivity index (χ2v) is 5.43. The van der Waals surface area contributed by atoms with Crippen LogP contribution < -0.4 is 10.1 Å². The fraction of sp³-hybridized carbons (Fsp3) is 0.333. The van der Waals surface area contributed by atoms with Gasteiger partial charge >= 0.3 is 0 Å². The molecule has 0 aliphatic heterocycles. The van der Waals surface area contributed by atoms with Crippen LogP contribution in [0.5, 0.6) is 5.75 Å². The highest BCUT2D eigenvalue weighted by Crippen LogP contribution is 2.22. The Morgan fingerprint density at radius 3 is 2.30 bits per heavy atom. The Morgan fingerprint density at radius 1 is 1.05 bits per heavy atom. The lowest BCUT2D eigenvalue weighted by Gasteiger charge is -2.11. The molecule has 2 aromatic carbocycles. The van der Waals surface area contributed by atoms with E-state index in [9.17, 15) is 0 Å². The third-order valence-electron chi connectivity index (χ3n) is 3.54. The predicted molar refractivity (Wildman–Crippen MR) is 85.6 cm³/mol. The molecule has 2 aromatic rings. The fourth-order valence-electron chi connectivity index (χ4n) is 2.21. The van der Waals surface area contributed by atoms with Crippen molar-refractivity contribution in [2.24, 2.45) is 0 Å². The van der Waals surface area contributed by atoms with Crippen LogP contribution in [0.3, 0.4) is 0 Å². The highest BCUT2D eigenvalue weighted by molar-refractivity contribution is 5.51. The number of methoxy groups -OCH3 is 1. The molecule has 106 valence electrons. The van der Waals surface area contributed by atoms with Gasteiger partial charge in [-0.2, -0.15) is 0 Å². The second kappa shape index (κ2) is 6.47. The number of rotatable bonds is 5. The zero-order chi connectivity index (χ0) is 14.5. The van der Waals surface area contributed by atoms with Gasteiger partial charge < -0.3 is 10.1 Å². The van der Waals surface area contributed by atoms with Crippen LogP contribution in [0, 0.1) is 6.92 Å². The molecule has 2 nitrogen and oxygen atoms in total. The van der Waals surface area contributed by atoms with Crippen molar-refractivity contribution in [1.82, 2.24) is 0 Å². The Morgan fingerprint density at radius 2 is 1.75 bits per heavy atom. The summed E-state index contributed by atoms with van der Waals surface area (Å²) in [6, 6.07) is 15.0. The molecule has 2 rings (SSSR count). The van der Waals surface area contributed by atoms with E-state index in [-0.39, 0.29) is 0 Å². The third kappa shape index (κ3) is 3.53. The molecule has 0 amide bonds. The molecule has 0 unspecified atom stereocenters. The Bertz CT molecular complexity index is 558. The summed E-state index contributed by atoms with van der Waals surface area (Å²) in [7, 11) is 1.70. The average Bonchev–Trinajstić information content (AvgIpc) is 2.45. The van der Waals surface area contributed by atoms with Gasteiger partial charge in [0.25, 0.3) is 0 Å². The molecule has 1 N–H and O–H groups in total. The van der Waals surface area contributed by atoms with Gasteiger partial charge in [-0.3, -0.25) is 0 Å². The SMILES string of the molecule is COc1ccc(NCc2ccc(C(C)C)cc2)cc1C. The standard InChI is InChI=1S/C18H23NO/c1-13(2)16-7-5-15(6-8-16)12-19-17-9-10-18(20-4)14(3)11-17/h5-11,13,19H,12H2,1-4H3. The number of ether oxygens (including phenoxy) is 1. The van der Waals surface area contributed by atoms with Crippen LogP contribution in [-0.4, -0.2) is 7.11 Å². The maximum absolute atomic E-state index is 5.27. The van der Waals surface area contributed by atoms with Crippen molar-refractivity contribution in [2.45, 2.75) is 33.2 Å². The molecular weight excluding hydrogens is 246 g/mol. The molecule has 0 bridgehead atoms. The summed E-state index contributed by atoms with van der Waals surface area (Å²) < 4.78 is 5.27. The zero-order valence-electron chi connectivity index (χ0n) is 12.7. The minimum atomic E-state index is 0.584. The molecule has 0 saturated carbocycles. The van der Waals surface area contributed by atoms with Crippen molar-refractivity contribution in [3.8, 4) is 5.75 Å². The minimum Gasteiger partial charge on any atom is -0.496 e. The largest absolute Gasteiger partial charge is 0.496 e. The predicted octanol–water partition coefficient (Wildman–Crippen LogP) is 4.74. The Kier molecular flexibility index (Phi) is 4.67. The van der Waals surface area contributed by atoms with Crippen LogP contribution in [0.4, 0.5) is 5.69 Å². The Labute approximate surface area is 121 Å². The summed E-state index contributed by atoms with van der Waals surface area (Å²) in [5.74, 6) is 1.51. The van der Waals surface area contributed by atoms with Crippen LogP contribution >= 0.6 is 0 Å². The number of hydrogen-bond donors (Lipinski definition) is 1. The molecule has 0 aliphatic rings. The van der Waals surface area contributed by atoms with Gasteiger partial charge in [-0.15, -0.1) is 0 Å². The monoisotopic (exact) mass is 269 g/mol. The van der Waals surface area contributed by atoms with Gasteiger partial charge in [0.15, 0.2) is 0 Å². The summed E-state index contributed by atoms with van der Waals surface area (Å²) in [4.78, 5) is 0. The summed E-state index contributed by atoms with van der Waals surface area (Å²) >= 11 is 0. The maximum atomic E-state index is 5.27. The number of benzene rings is 2. The smallest absolute Gasteiger partial charge is 0.121 e. The van der Waals surface area contributed by atoms with Gasteiger partial charge in [0, 0.05) is 12.2 Å². The van der Waals surface area contributed by atoms with Crippen LogP contribution in [0.2, 0.25) is 0 Å². The normalized spacial score (nSPS) is 10.7. The van der Waals surface area contributed by atoms with Crippen molar-refractivity contribution in [1.29, 1.82) is 0 Å². The molecule has 0 saturated heterocycles. The maximum Gasteiger partial charge on any atom is 0.121 e. The highest BCUT2D eigenvalue weighted by atomic mass is 16.5. The zero-order valence-corrected chi connectivity index (χ0v) is 12.7. The van der Waals surface area contributed by atoms with Gasteiger partial charge in [0.05, 0.1) is 7.11 Å². The van der Waals surface area contributed by atoms with Gasteiger partial charge in [-0.1, -0.05) is 38.1 Å². The van der Waals surface area contributed by atoms with E-state index in [1.54, 1.807) is 7.11 Å². The highest BCUT2D eigenvalue weighted by Gasteiger charge is 2.01. The van der Waals surface area contributed by atoms with Gasteiger partial charge in [0.2, 0.25) is 0 Å². The van der Waals surface area contributed by atoms with Crippen LogP contribution in [0.25, 0.3) is 0 Å². The van der Waals surface area contributed by atoms with Crippen molar-refractivity contribution in [3.05, 3.63) is 59.2 Å². The Balaban J connectivity index is 1.99. The first kappa shape index (κ1) is 14.4. The summed E-state index contributed by atoms with van der Waals surface area (Å²) in [6.07, 6.45) is 0. The van der Waals surface area contributed by atoms with E-state index in [1.807, 2.05) is 12.1 Å². The summed E-state index contributed by atoms with van der Waals surface area (Å²) in [5.41, 5.74) is 4.95. The molecule has 0 aliphatic carbocycles. The van der Waals surface area contributed by atoms with Crippen LogP contribution in [0.1, 0.15) is 36.5 Å². The Hall–Kier alpha value is -1.96. The molecule has 20 heavy (non-hydrogen) atoms. The van der Waals surface area contributed by atoms with E-state index < -0.39 is 0 Å². The van der Waals surface area contributed by atoms with Crippen molar-refractivity contribution in [2.75, 3.05) is 12.4 Å². The molecule has 0 spiro atoms. The van der Waals surface area contributed by atoms with Crippen molar-refractivity contribution < 1.29 is 4.74 Å². The second-order valence-electron chi connectivity index (χ2n) is 5.43. The quantitative estimate of drug-likeness (QED) is 0.846. The van der Waals surface area contributed by atoms with Crippen molar-refractivity contribution >= 4 is 5.69 Å². The van der Waals surface area contributed by atoms with Crippen molar-refractivity contribution in [3.63, 3.8) is 0 Å². The number of aryl methyl sites for hydroxylation is 1. The van der Waals surface area contributed by atoms with Gasteiger partial charge in [0.1, 0.15) is 5.75 Å². The number of anilines is 1.